The lowest BCUT2D eigenvalue weighted by molar-refractivity contribution is -0.147. The predicted octanol–water partition coefficient (Wildman–Crippen LogP) is 3.44. The quantitative estimate of drug-likeness (QED) is 0.143. The van der Waals surface area contributed by atoms with Crippen LogP contribution in [-0.2, 0) is 23.4 Å². The van der Waals surface area contributed by atoms with Crippen LogP contribution in [0.15, 0.2) is 36.7 Å². The summed E-state index contributed by atoms with van der Waals surface area (Å²) in [5.74, 6) is -0.279. The summed E-state index contributed by atoms with van der Waals surface area (Å²) in [5.41, 5.74) is 6.52. The Kier molecular flexibility index (Phi) is 9.96. The fraction of sp³-hybridized carbons (Fsp3) is 0.538. The van der Waals surface area contributed by atoms with Gasteiger partial charge in [-0.15, -0.1) is 11.6 Å². The van der Waals surface area contributed by atoms with E-state index in [1.807, 2.05) is 0 Å². The Balaban J connectivity index is 1.53. The zero-order chi connectivity index (χ0) is 30.7. The van der Waals surface area contributed by atoms with Crippen molar-refractivity contribution in [2.24, 2.45) is 5.92 Å². The lowest BCUT2D eigenvalue weighted by atomic mass is 10.0. The van der Waals surface area contributed by atoms with Gasteiger partial charge in [0.1, 0.15) is 29.4 Å². The SMILES string of the molecule is CCOc1nc(N)nc2c1ncn2[C@@H]1O[C@H](COP(=O)(N[C@H](C)COC(=O)C(C)C)Oc2ccccc2)[C@@H](O)[C@@]1(C)Cl. The first-order valence-corrected chi connectivity index (χ1v) is 15.4. The minimum absolute atomic E-state index is 0.0410. The number of rotatable bonds is 13. The molecule has 2 aromatic heterocycles. The normalized spacial score (nSPS) is 24.4. The van der Waals surface area contributed by atoms with Gasteiger partial charge < -0.3 is 29.6 Å². The van der Waals surface area contributed by atoms with Crippen LogP contribution < -0.4 is 20.1 Å². The predicted molar refractivity (Wildman–Crippen MR) is 154 cm³/mol. The number of aliphatic hydroxyl groups is 1. The largest absolute Gasteiger partial charge is 0.476 e. The monoisotopic (exact) mass is 626 g/mol. The minimum Gasteiger partial charge on any atom is -0.476 e. The first-order chi connectivity index (χ1) is 19.8. The van der Waals surface area contributed by atoms with Crippen LogP contribution in [0, 0.1) is 5.92 Å². The number of alkyl halides is 1. The molecule has 230 valence electrons. The topological polar surface area (TPSA) is 182 Å². The number of nitrogens with zero attached hydrogens (tertiary/aromatic N) is 4. The third-order valence-corrected chi connectivity index (χ3v) is 8.47. The standard InChI is InChI=1S/C26H36ClN6O8P/c1-6-37-22-19-21(30-25(28)31-22)33(14-29-19)24-26(5,27)20(34)18(40-24)13-39-42(36,41-17-10-8-7-9-11-17)32-16(4)12-38-23(35)15(2)3/h7-11,14-16,18,20,24,34H,6,12-13H2,1-5H3,(H,32,36)(H2,28,30,31)/t16-,18-,20-,24-,26-,42?/m1/s1. The molecular weight excluding hydrogens is 591 g/mol. The minimum atomic E-state index is -4.09. The van der Waals surface area contributed by atoms with Crippen LogP contribution in [0.1, 0.15) is 40.8 Å². The number of aromatic nitrogens is 4. The van der Waals surface area contributed by atoms with Crippen molar-refractivity contribution >= 4 is 42.4 Å². The van der Waals surface area contributed by atoms with Gasteiger partial charge in [-0.2, -0.15) is 9.97 Å². The van der Waals surface area contributed by atoms with Crippen LogP contribution >= 0.6 is 19.3 Å². The van der Waals surface area contributed by atoms with E-state index in [0.29, 0.717) is 17.8 Å². The van der Waals surface area contributed by atoms with Crippen LogP contribution in [0.25, 0.3) is 11.2 Å². The molecule has 0 aliphatic carbocycles. The fourth-order valence-corrected chi connectivity index (χ4v) is 6.06. The number of imidazole rings is 1. The molecule has 0 bridgehead atoms. The zero-order valence-electron chi connectivity index (χ0n) is 24.0. The maximum absolute atomic E-state index is 13.9. The summed E-state index contributed by atoms with van der Waals surface area (Å²) >= 11 is 6.82. The van der Waals surface area contributed by atoms with E-state index in [-0.39, 0.29) is 36.7 Å². The first kappa shape index (κ1) is 31.9. The van der Waals surface area contributed by atoms with E-state index in [1.165, 1.54) is 10.9 Å². The summed E-state index contributed by atoms with van der Waals surface area (Å²) in [6.45, 7) is 8.37. The van der Waals surface area contributed by atoms with E-state index in [1.54, 1.807) is 65.0 Å². The van der Waals surface area contributed by atoms with Crippen molar-refractivity contribution in [1.29, 1.82) is 0 Å². The van der Waals surface area contributed by atoms with Crippen LogP contribution in [0.3, 0.4) is 0 Å². The number of carbonyl (C=O) groups excluding carboxylic acids is 1. The molecule has 4 N–H and O–H groups in total. The molecule has 0 saturated carbocycles. The number of nitrogens with one attached hydrogen (secondary N) is 1. The number of hydrogen-bond donors (Lipinski definition) is 3. The van der Waals surface area contributed by atoms with Gasteiger partial charge in [0.15, 0.2) is 17.4 Å². The van der Waals surface area contributed by atoms with Crippen LogP contribution in [0.5, 0.6) is 11.6 Å². The highest BCUT2D eigenvalue weighted by Gasteiger charge is 2.54. The molecule has 1 unspecified atom stereocenters. The number of anilines is 1. The average molecular weight is 627 g/mol. The molecule has 42 heavy (non-hydrogen) atoms. The van der Waals surface area contributed by atoms with Crippen LogP contribution in [0.2, 0.25) is 0 Å². The molecule has 3 aromatic rings. The number of benzene rings is 1. The van der Waals surface area contributed by atoms with Crippen molar-refractivity contribution in [1.82, 2.24) is 24.6 Å². The van der Waals surface area contributed by atoms with Gasteiger partial charge in [-0.1, -0.05) is 32.0 Å². The number of halogens is 1. The van der Waals surface area contributed by atoms with Crippen molar-refractivity contribution in [2.75, 3.05) is 25.6 Å². The fourth-order valence-electron chi connectivity index (χ4n) is 4.23. The Bertz CT molecular complexity index is 1420. The smallest absolute Gasteiger partial charge is 0.459 e. The van der Waals surface area contributed by atoms with Crippen molar-refractivity contribution in [3.8, 4) is 11.6 Å². The van der Waals surface area contributed by atoms with Crippen molar-refractivity contribution in [3.05, 3.63) is 36.7 Å². The van der Waals surface area contributed by atoms with Gasteiger partial charge >= 0.3 is 13.7 Å². The summed E-state index contributed by atoms with van der Waals surface area (Å²) in [6, 6.07) is 7.82. The molecule has 0 amide bonds. The molecular formula is C26H36ClN6O8P. The molecule has 1 aliphatic rings. The third-order valence-electron chi connectivity index (χ3n) is 6.36. The number of ether oxygens (including phenoxy) is 3. The Morgan fingerprint density at radius 2 is 2.00 bits per heavy atom. The lowest BCUT2D eigenvalue weighted by Gasteiger charge is -2.26. The van der Waals surface area contributed by atoms with Crippen molar-refractivity contribution < 1.29 is 37.7 Å². The van der Waals surface area contributed by atoms with Gasteiger partial charge in [-0.25, -0.2) is 14.6 Å². The Morgan fingerprint density at radius 3 is 2.67 bits per heavy atom. The highest BCUT2D eigenvalue weighted by Crippen LogP contribution is 2.48. The Labute approximate surface area is 248 Å². The molecule has 16 heteroatoms. The molecule has 4 rings (SSSR count). The molecule has 0 radical (unpaired) electrons. The summed E-state index contributed by atoms with van der Waals surface area (Å²) < 4.78 is 43.9. The number of aliphatic hydroxyl groups excluding tert-OH is 1. The van der Waals surface area contributed by atoms with Crippen LogP contribution in [-0.4, -0.2) is 73.5 Å². The molecule has 1 aromatic carbocycles. The van der Waals surface area contributed by atoms with Crippen molar-refractivity contribution in [3.63, 3.8) is 0 Å². The highest BCUT2D eigenvalue weighted by molar-refractivity contribution is 7.52. The third kappa shape index (κ3) is 7.13. The molecule has 1 saturated heterocycles. The average Bonchev–Trinajstić information content (AvgIpc) is 3.44. The number of carbonyl (C=O) groups is 1. The maximum atomic E-state index is 13.9. The molecule has 0 spiro atoms. The van der Waals surface area contributed by atoms with Gasteiger partial charge in [-0.05, 0) is 32.9 Å². The summed E-state index contributed by atoms with van der Waals surface area (Å²) in [4.78, 5) is 23.2. The summed E-state index contributed by atoms with van der Waals surface area (Å²) in [6.07, 6.45) is -1.85. The molecule has 1 aliphatic heterocycles. The lowest BCUT2D eigenvalue weighted by Crippen LogP contribution is -2.40. The molecule has 14 nitrogen and oxygen atoms in total. The molecule has 1 fully saturated rings. The van der Waals surface area contributed by atoms with E-state index >= 15 is 0 Å². The number of para-hydroxylation sites is 1. The maximum Gasteiger partial charge on any atom is 0.459 e. The van der Waals surface area contributed by atoms with Gasteiger partial charge in [0.05, 0.1) is 25.5 Å². The van der Waals surface area contributed by atoms with E-state index in [2.05, 4.69) is 20.0 Å². The number of esters is 1. The molecule has 6 atom stereocenters. The van der Waals surface area contributed by atoms with E-state index in [0.717, 1.165) is 0 Å². The zero-order valence-corrected chi connectivity index (χ0v) is 25.6. The van der Waals surface area contributed by atoms with E-state index in [4.69, 9.17) is 40.6 Å². The first-order valence-electron chi connectivity index (χ1n) is 13.4. The highest BCUT2D eigenvalue weighted by atomic mass is 35.5. The van der Waals surface area contributed by atoms with Gasteiger partial charge in [0, 0.05) is 6.04 Å². The number of nitrogen functional groups attached to an aromatic ring is 1. The number of hydrogen-bond acceptors (Lipinski definition) is 12. The van der Waals surface area contributed by atoms with E-state index < -0.39 is 43.1 Å². The summed E-state index contributed by atoms with van der Waals surface area (Å²) in [7, 11) is -4.09. The number of nitrogens with two attached hydrogens (primary N) is 1. The van der Waals surface area contributed by atoms with Gasteiger partial charge in [-0.3, -0.25) is 13.9 Å². The molecule has 3 heterocycles. The Morgan fingerprint density at radius 1 is 1.29 bits per heavy atom. The van der Waals surface area contributed by atoms with Gasteiger partial charge in [0.25, 0.3) is 0 Å². The number of fused-ring (bicyclic) bond motifs is 1. The Hall–Kier alpha value is -3.00. The second-order valence-corrected chi connectivity index (χ2v) is 12.8. The van der Waals surface area contributed by atoms with Gasteiger partial charge in [0.2, 0.25) is 11.8 Å². The second kappa shape index (κ2) is 13.1. The van der Waals surface area contributed by atoms with Crippen LogP contribution in [0.4, 0.5) is 5.95 Å². The second-order valence-electron chi connectivity index (χ2n) is 10.3. The van der Waals surface area contributed by atoms with Crippen molar-refractivity contribution in [2.45, 2.75) is 64.0 Å². The van der Waals surface area contributed by atoms with E-state index in [9.17, 15) is 14.5 Å². The summed E-state index contributed by atoms with van der Waals surface area (Å²) in [5, 5.41) is 13.9.